The number of aliphatic hydroxyl groups is 1. The van der Waals surface area contributed by atoms with Gasteiger partial charge in [0.15, 0.2) is 11.6 Å². The van der Waals surface area contributed by atoms with Gasteiger partial charge in [0.05, 0.1) is 39.0 Å². The first-order valence-corrected chi connectivity index (χ1v) is 8.30. The maximum Gasteiger partial charge on any atom is 0.165 e. The van der Waals surface area contributed by atoms with Gasteiger partial charge >= 0.3 is 0 Å². The van der Waals surface area contributed by atoms with Gasteiger partial charge in [-0.1, -0.05) is 0 Å². The highest BCUT2D eigenvalue weighted by Gasteiger charge is 2.20. The zero-order valence-electron chi connectivity index (χ0n) is 15.6. The van der Waals surface area contributed by atoms with Crippen molar-refractivity contribution in [2.24, 2.45) is 0 Å². The largest absolute Gasteiger partial charge is 0.497 e. The van der Waals surface area contributed by atoms with Gasteiger partial charge in [-0.2, -0.15) is 0 Å². The van der Waals surface area contributed by atoms with Crippen molar-refractivity contribution in [3.63, 3.8) is 0 Å². The molecule has 0 amide bonds. The average Bonchev–Trinajstić information content (AvgIpc) is 3.12. The van der Waals surface area contributed by atoms with E-state index in [-0.39, 0.29) is 5.75 Å². The van der Waals surface area contributed by atoms with Crippen LogP contribution in [-0.4, -0.2) is 36.0 Å². The van der Waals surface area contributed by atoms with Gasteiger partial charge in [-0.05, 0) is 37.3 Å². The number of hydrogen-bond acceptors (Lipinski definition) is 5. The first-order chi connectivity index (χ1) is 13.0. The van der Waals surface area contributed by atoms with Crippen LogP contribution in [-0.2, 0) is 0 Å². The highest BCUT2D eigenvalue weighted by atomic mass is 19.1. The Balaban J connectivity index is 2.23. The molecule has 0 aliphatic rings. The summed E-state index contributed by atoms with van der Waals surface area (Å²) in [5, 5.41) is 10.2. The molecular formula is C20H21FN2O4. The molecule has 0 radical (unpaired) electrons. The Labute approximate surface area is 156 Å². The molecule has 1 aromatic heterocycles. The number of benzene rings is 2. The topological polar surface area (TPSA) is 65.7 Å². The lowest BCUT2D eigenvalue weighted by atomic mass is 10.0. The molecule has 1 heterocycles. The predicted molar refractivity (Wildman–Crippen MR) is 99.6 cm³/mol. The first kappa shape index (κ1) is 18.7. The Bertz CT molecular complexity index is 931. The van der Waals surface area contributed by atoms with Crippen molar-refractivity contribution in [3.05, 3.63) is 48.5 Å². The van der Waals surface area contributed by atoms with Gasteiger partial charge in [-0.15, -0.1) is 0 Å². The SMILES string of the molecule is COc1cc(OC)cc(-c2ncn(C(C)O)c2-c2ccc(OC)c(F)c2)c1. The third kappa shape index (κ3) is 3.59. The zero-order valence-corrected chi connectivity index (χ0v) is 15.6. The normalized spacial score (nSPS) is 11.9. The lowest BCUT2D eigenvalue weighted by molar-refractivity contribution is 0.126. The molecule has 3 rings (SSSR count). The van der Waals surface area contributed by atoms with Crippen molar-refractivity contribution in [3.8, 4) is 39.8 Å². The number of methoxy groups -OCH3 is 3. The molecule has 0 spiro atoms. The molecule has 1 atom stereocenters. The van der Waals surface area contributed by atoms with E-state index in [1.165, 1.54) is 19.5 Å². The Morgan fingerprint density at radius 1 is 0.963 bits per heavy atom. The molecule has 0 saturated heterocycles. The van der Waals surface area contributed by atoms with E-state index in [2.05, 4.69) is 4.98 Å². The van der Waals surface area contributed by atoms with E-state index in [4.69, 9.17) is 14.2 Å². The van der Waals surface area contributed by atoms with Crippen molar-refractivity contribution in [1.29, 1.82) is 0 Å². The van der Waals surface area contributed by atoms with Gasteiger partial charge in [0.2, 0.25) is 0 Å². The molecule has 0 aliphatic carbocycles. The van der Waals surface area contributed by atoms with Crippen LogP contribution < -0.4 is 14.2 Å². The van der Waals surface area contributed by atoms with Crippen molar-refractivity contribution in [2.45, 2.75) is 13.2 Å². The van der Waals surface area contributed by atoms with E-state index in [1.807, 2.05) is 0 Å². The van der Waals surface area contributed by atoms with Gasteiger partial charge < -0.3 is 23.9 Å². The average molecular weight is 372 g/mol. The highest BCUT2D eigenvalue weighted by Crippen LogP contribution is 2.37. The molecule has 0 fully saturated rings. The fourth-order valence-corrected chi connectivity index (χ4v) is 2.90. The van der Waals surface area contributed by atoms with Crippen LogP contribution in [0.1, 0.15) is 13.2 Å². The third-order valence-electron chi connectivity index (χ3n) is 4.25. The first-order valence-electron chi connectivity index (χ1n) is 8.30. The summed E-state index contributed by atoms with van der Waals surface area (Å²) in [5.74, 6) is 0.847. The molecule has 1 unspecified atom stereocenters. The standard InChI is InChI=1S/C20H21FN2O4/c1-12(24)23-11-22-19(14-7-15(25-2)10-16(8-14)26-3)20(23)13-5-6-18(27-4)17(21)9-13/h5-12,24H,1-4H3. The van der Waals surface area contributed by atoms with Crippen LogP contribution in [0, 0.1) is 5.82 Å². The van der Waals surface area contributed by atoms with Crippen molar-refractivity contribution in [2.75, 3.05) is 21.3 Å². The van der Waals surface area contributed by atoms with Crippen LogP contribution in [0.25, 0.3) is 22.5 Å². The van der Waals surface area contributed by atoms with Gasteiger partial charge in [-0.25, -0.2) is 9.37 Å². The number of nitrogens with zero attached hydrogens (tertiary/aromatic N) is 2. The smallest absolute Gasteiger partial charge is 0.165 e. The van der Waals surface area contributed by atoms with E-state index in [0.29, 0.717) is 28.5 Å². The summed E-state index contributed by atoms with van der Waals surface area (Å²) < 4.78 is 31.5. The number of halogens is 1. The molecule has 0 aliphatic heterocycles. The summed E-state index contributed by atoms with van der Waals surface area (Å²) in [6.45, 7) is 1.61. The lowest BCUT2D eigenvalue weighted by Gasteiger charge is -2.14. The minimum atomic E-state index is -0.848. The number of hydrogen-bond donors (Lipinski definition) is 1. The van der Waals surface area contributed by atoms with E-state index in [9.17, 15) is 9.50 Å². The molecule has 0 saturated carbocycles. The molecule has 0 bridgehead atoms. The van der Waals surface area contributed by atoms with Crippen LogP contribution in [0.4, 0.5) is 4.39 Å². The Morgan fingerprint density at radius 2 is 1.63 bits per heavy atom. The number of imidazole rings is 1. The summed E-state index contributed by atoms with van der Waals surface area (Å²) >= 11 is 0. The Morgan fingerprint density at radius 3 is 2.15 bits per heavy atom. The van der Waals surface area contributed by atoms with Gasteiger partial charge in [0.25, 0.3) is 0 Å². The van der Waals surface area contributed by atoms with E-state index >= 15 is 0 Å². The van der Waals surface area contributed by atoms with Crippen LogP contribution in [0.3, 0.4) is 0 Å². The van der Waals surface area contributed by atoms with Gasteiger partial charge in [0, 0.05) is 17.2 Å². The van der Waals surface area contributed by atoms with Crippen molar-refractivity contribution >= 4 is 0 Å². The lowest BCUT2D eigenvalue weighted by Crippen LogP contribution is -2.04. The quantitative estimate of drug-likeness (QED) is 0.711. The Kier molecular flexibility index (Phi) is 5.32. The van der Waals surface area contributed by atoms with Gasteiger partial charge in [0.1, 0.15) is 17.7 Å². The zero-order chi connectivity index (χ0) is 19.6. The Hall–Kier alpha value is -3.06. The molecule has 7 heteroatoms. The fraction of sp³-hybridized carbons (Fsp3) is 0.250. The van der Waals surface area contributed by atoms with Crippen molar-refractivity contribution < 1.29 is 23.7 Å². The van der Waals surface area contributed by atoms with E-state index in [1.54, 1.807) is 56.0 Å². The maximum atomic E-state index is 14.3. The summed E-state index contributed by atoms with van der Waals surface area (Å²) in [6.07, 6.45) is 0.669. The molecule has 142 valence electrons. The molecule has 27 heavy (non-hydrogen) atoms. The minimum absolute atomic E-state index is 0.145. The molecule has 2 aromatic carbocycles. The number of rotatable bonds is 6. The van der Waals surface area contributed by atoms with Crippen LogP contribution in [0.15, 0.2) is 42.7 Å². The number of ether oxygens (including phenoxy) is 3. The third-order valence-corrected chi connectivity index (χ3v) is 4.25. The maximum absolute atomic E-state index is 14.3. The van der Waals surface area contributed by atoms with E-state index in [0.717, 1.165) is 5.56 Å². The van der Waals surface area contributed by atoms with Crippen LogP contribution in [0.2, 0.25) is 0 Å². The molecular weight excluding hydrogens is 351 g/mol. The molecule has 6 nitrogen and oxygen atoms in total. The monoisotopic (exact) mass is 372 g/mol. The fourth-order valence-electron chi connectivity index (χ4n) is 2.90. The van der Waals surface area contributed by atoms with Crippen LogP contribution >= 0.6 is 0 Å². The molecule has 1 N–H and O–H groups in total. The van der Waals surface area contributed by atoms with Crippen LogP contribution in [0.5, 0.6) is 17.2 Å². The number of aromatic nitrogens is 2. The van der Waals surface area contributed by atoms with Gasteiger partial charge in [-0.3, -0.25) is 0 Å². The second kappa shape index (κ2) is 7.67. The second-order valence-electron chi connectivity index (χ2n) is 5.93. The summed E-state index contributed by atoms with van der Waals surface area (Å²) in [7, 11) is 4.53. The number of aliphatic hydroxyl groups excluding tert-OH is 1. The van der Waals surface area contributed by atoms with E-state index < -0.39 is 12.0 Å². The second-order valence-corrected chi connectivity index (χ2v) is 5.93. The summed E-state index contributed by atoms with van der Waals surface area (Å²) in [4.78, 5) is 4.45. The van der Waals surface area contributed by atoms with Crippen molar-refractivity contribution in [1.82, 2.24) is 9.55 Å². The molecule has 3 aromatic rings. The highest BCUT2D eigenvalue weighted by molar-refractivity contribution is 5.80. The summed E-state index contributed by atoms with van der Waals surface area (Å²) in [6, 6.07) is 9.98. The summed E-state index contributed by atoms with van der Waals surface area (Å²) in [5.41, 5.74) is 2.42. The minimum Gasteiger partial charge on any atom is -0.497 e. The predicted octanol–water partition coefficient (Wildman–Crippen LogP) is 3.89.